The van der Waals surface area contributed by atoms with Crippen molar-refractivity contribution >= 4 is 11.6 Å². The third kappa shape index (κ3) is 4.40. The topological polar surface area (TPSA) is 69.7 Å². The monoisotopic (exact) mass is 376 g/mol. The van der Waals surface area contributed by atoms with Gasteiger partial charge in [-0.3, -0.25) is 9.78 Å². The zero-order valence-corrected chi connectivity index (χ0v) is 15.3. The van der Waals surface area contributed by atoms with Crippen molar-refractivity contribution in [3.63, 3.8) is 0 Å². The van der Waals surface area contributed by atoms with Crippen molar-refractivity contribution < 1.29 is 19.0 Å². The van der Waals surface area contributed by atoms with Gasteiger partial charge in [-0.2, -0.15) is 0 Å². The van der Waals surface area contributed by atoms with Gasteiger partial charge in [-0.25, -0.2) is 0 Å². The number of fused-ring (bicyclic) bond motifs is 1. The Morgan fingerprint density at radius 2 is 1.86 bits per heavy atom. The molecule has 1 amide bonds. The lowest BCUT2D eigenvalue weighted by atomic mass is 10.2. The second-order valence-corrected chi connectivity index (χ2v) is 6.34. The van der Waals surface area contributed by atoms with Crippen LogP contribution in [0.5, 0.6) is 17.2 Å². The number of benzene rings is 2. The molecular weight excluding hydrogens is 356 g/mol. The van der Waals surface area contributed by atoms with E-state index in [1.807, 2.05) is 18.2 Å². The van der Waals surface area contributed by atoms with E-state index >= 15 is 0 Å². The number of hydrogen-bond acceptors (Lipinski definition) is 5. The predicted molar refractivity (Wildman–Crippen MR) is 105 cm³/mol. The van der Waals surface area contributed by atoms with Gasteiger partial charge in [0.25, 0.3) is 5.91 Å². The fourth-order valence-electron chi connectivity index (χ4n) is 2.80. The SMILES string of the molecule is O=C(Nc1ccc2c(c1)OCCCO2)c1ccc(OCc2cccnc2)cc1. The highest BCUT2D eigenvalue weighted by molar-refractivity contribution is 6.04. The second kappa shape index (κ2) is 8.43. The molecule has 3 aromatic rings. The minimum atomic E-state index is -0.201. The van der Waals surface area contributed by atoms with Crippen LogP contribution in [0.15, 0.2) is 67.0 Å². The Labute approximate surface area is 163 Å². The van der Waals surface area contributed by atoms with Crippen LogP contribution in [0.1, 0.15) is 22.3 Å². The van der Waals surface area contributed by atoms with E-state index in [1.165, 1.54) is 0 Å². The zero-order valence-electron chi connectivity index (χ0n) is 15.3. The molecule has 0 aliphatic carbocycles. The number of carbonyl (C=O) groups excluding carboxylic acids is 1. The van der Waals surface area contributed by atoms with Crippen LogP contribution in [-0.2, 0) is 6.61 Å². The van der Waals surface area contributed by atoms with E-state index in [0.717, 1.165) is 12.0 Å². The number of rotatable bonds is 5. The average Bonchev–Trinajstić information content (AvgIpc) is 2.98. The molecule has 0 atom stereocenters. The lowest BCUT2D eigenvalue weighted by Gasteiger charge is -2.11. The Hall–Kier alpha value is -3.54. The third-order valence-electron chi connectivity index (χ3n) is 4.25. The Kier molecular flexibility index (Phi) is 5.38. The molecule has 0 saturated heterocycles. The molecular formula is C22H20N2O4. The first kappa shape index (κ1) is 17.9. The summed E-state index contributed by atoms with van der Waals surface area (Å²) < 4.78 is 17.0. The number of nitrogens with zero attached hydrogens (tertiary/aromatic N) is 1. The summed E-state index contributed by atoms with van der Waals surface area (Å²) in [5, 5.41) is 2.88. The minimum absolute atomic E-state index is 0.201. The molecule has 142 valence electrons. The van der Waals surface area contributed by atoms with Crippen LogP contribution in [0.3, 0.4) is 0 Å². The summed E-state index contributed by atoms with van der Waals surface area (Å²) in [6.07, 6.45) is 4.32. The largest absolute Gasteiger partial charge is 0.490 e. The maximum absolute atomic E-state index is 12.5. The Bertz CT molecular complexity index is 943. The van der Waals surface area contributed by atoms with Gasteiger partial charge in [0.05, 0.1) is 13.2 Å². The van der Waals surface area contributed by atoms with Crippen LogP contribution < -0.4 is 19.5 Å². The summed E-state index contributed by atoms with van der Waals surface area (Å²) in [4.78, 5) is 16.6. The van der Waals surface area contributed by atoms with E-state index in [-0.39, 0.29) is 5.91 Å². The van der Waals surface area contributed by atoms with E-state index in [1.54, 1.807) is 48.8 Å². The molecule has 1 aliphatic rings. The maximum Gasteiger partial charge on any atom is 0.255 e. The summed E-state index contributed by atoms with van der Waals surface area (Å²) in [7, 11) is 0. The number of hydrogen-bond donors (Lipinski definition) is 1. The van der Waals surface area contributed by atoms with E-state index < -0.39 is 0 Å². The van der Waals surface area contributed by atoms with Gasteiger partial charge in [0.1, 0.15) is 12.4 Å². The molecule has 2 aromatic carbocycles. The zero-order chi connectivity index (χ0) is 19.2. The molecule has 0 unspecified atom stereocenters. The van der Waals surface area contributed by atoms with E-state index in [4.69, 9.17) is 14.2 Å². The van der Waals surface area contributed by atoms with Gasteiger partial charge < -0.3 is 19.5 Å². The van der Waals surface area contributed by atoms with Crippen LogP contribution in [0.4, 0.5) is 5.69 Å². The number of anilines is 1. The number of amides is 1. The molecule has 1 aliphatic heterocycles. The molecule has 0 bridgehead atoms. The van der Waals surface area contributed by atoms with Crippen molar-refractivity contribution in [1.29, 1.82) is 0 Å². The number of pyridine rings is 1. The molecule has 1 N–H and O–H groups in total. The second-order valence-electron chi connectivity index (χ2n) is 6.34. The quantitative estimate of drug-likeness (QED) is 0.727. The number of nitrogens with one attached hydrogen (secondary N) is 1. The molecule has 0 radical (unpaired) electrons. The fraction of sp³-hybridized carbons (Fsp3) is 0.182. The van der Waals surface area contributed by atoms with Crippen LogP contribution in [-0.4, -0.2) is 24.1 Å². The average molecular weight is 376 g/mol. The predicted octanol–water partition coefficient (Wildman–Crippen LogP) is 4.07. The van der Waals surface area contributed by atoms with Crippen LogP contribution in [0.2, 0.25) is 0 Å². The van der Waals surface area contributed by atoms with Crippen molar-refractivity contribution in [2.24, 2.45) is 0 Å². The lowest BCUT2D eigenvalue weighted by Crippen LogP contribution is -2.12. The molecule has 4 rings (SSSR count). The molecule has 0 spiro atoms. The minimum Gasteiger partial charge on any atom is -0.490 e. The van der Waals surface area contributed by atoms with Crippen molar-refractivity contribution in [1.82, 2.24) is 4.98 Å². The van der Waals surface area contributed by atoms with Crippen LogP contribution >= 0.6 is 0 Å². The van der Waals surface area contributed by atoms with Gasteiger partial charge in [0.15, 0.2) is 11.5 Å². The molecule has 6 nitrogen and oxygen atoms in total. The highest BCUT2D eigenvalue weighted by Crippen LogP contribution is 2.32. The summed E-state index contributed by atoms with van der Waals surface area (Å²) >= 11 is 0. The smallest absolute Gasteiger partial charge is 0.255 e. The summed E-state index contributed by atoms with van der Waals surface area (Å²) in [5.74, 6) is 1.84. The first-order valence-electron chi connectivity index (χ1n) is 9.11. The van der Waals surface area contributed by atoms with Crippen LogP contribution in [0, 0.1) is 0 Å². The summed E-state index contributed by atoms with van der Waals surface area (Å²) in [5.41, 5.74) is 2.19. The van der Waals surface area contributed by atoms with E-state index in [2.05, 4.69) is 10.3 Å². The van der Waals surface area contributed by atoms with Gasteiger partial charge in [-0.05, 0) is 42.5 Å². The highest BCUT2D eigenvalue weighted by atomic mass is 16.5. The lowest BCUT2D eigenvalue weighted by molar-refractivity contribution is 0.102. The van der Waals surface area contributed by atoms with Crippen molar-refractivity contribution in [2.45, 2.75) is 13.0 Å². The molecule has 0 saturated carbocycles. The van der Waals surface area contributed by atoms with Crippen LogP contribution in [0.25, 0.3) is 0 Å². The number of carbonyl (C=O) groups is 1. The van der Waals surface area contributed by atoms with Gasteiger partial charge in [0, 0.05) is 41.7 Å². The first-order valence-corrected chi connectivity index (χ1v) is 9.11. The Balaban J connectivity index is 1.37. The fourth-order valence-corrected chi connectivity index (χ4v) is 2.80. The van der Waals surface area contributed by atoms with Gasteiger partial charge in [-0.15, -0.1) is 0 Å². The standard InChI is InChI=1S/C22H20N2O4/c25-22(24-18-6-9-20-21(13-18)27-12-2-11-26-20)17-4-7-19(8-5-17)28-15-16-3-1-10-23-14-16/h1,3-10,13-14H,2,11-12,15H2,(H,24,25). The number of ether oxygens (including phenoxy) is 3. The Morgan fingerprint density at radius 3 is 2.64 bits per heavy atom. The molecule has 0 fully saturated rings. The molecule has 1 aromatic heterocycles. The summed E-state index contributed by atoms with van der Waals surface area (Å²) in [6, 6.07) is 16.2. The highest BCUT2D eigenvalue weighted by Gasteiger charge is 2.12. The van der Waals surface area contributed by atoms with Crippen molar-refractivity contribution in [3.8, 4) is 17.2 Å². The summed E-state index contributed by atoms with van der Waals surface area (Å²) in [6.45, 7) is 1.66. The molecule has 28 heavy (non-hydrogen) atoms. The van der Waals surface area contributed by atoms with Gasteiger partial charge in [0.2, 0.25) is 0 Å². The van der Waals surface area contributed by atoms with Crippen molar-refractivity contribution in [3.05, 3.63) is 78.1 Å². The molecule has 6 heteroatoms. The third-order valence-corrected chi connectivity index (χ3v) is 4.25. The van der Waals surface area contributed by atoms with Gasteiger partial charge in [-0.1, -0.05) is 6.07 Å². The Morgan fingerprint density at radius 1 is 1.04 bits per heavy atom. The van der Waals surface area contributed by atoms with E-state index in [0.29, 0.717) is 48.3 Å². The van der Waals surface area contributed by atoms with E-state index in [9.17, 15) is 4.79 Å². The number of aromatic nitrogens is 1. The first-order chi connectivity index (χ1) is 13.8. The maximum atomic E-state index is 12.5. The normalized spacial score (nSPS) is 12.7. The van der Waals surface area contributed by atoms with Gasteiger partial charge >= 0.3 is 0 Å². The molecule has 2 heterocycles. The van der Waals surface area contributed by atoms with Crippen molar-refractivity contribution in [2.75, 3.05) is 18.5 Å².